The zero-order chi connectivity index (χ0) is 32.3. The highest BCUT2D eigenvalue weighted by Crippen LogP contribution is 2.44. The molecule has 1 aliphatic rings. The molecule has 2 N–H and O–H groups in total. The molecule has 0 radical (unpaired) electrons. The molecule has 0 atom stereocenters. The van der Waals surface area contributed by atoms with Crippen molar-refractivity contribution in [2.24, 2.45) is 0 Å². The molecule has 0 spiro atoms. The number of fused-ring (bicyclic) bond motifs is 1. The van der Waals surface area contributed by atoms with Gasteiger partial charge in [0.2, 0.25) is 0 Å². The topological polar surface area (TPSA) is 118 Å². The van der Waals surface area contributed by atoms with Crippen molar-refractivity contribution < 1.29 is 23.5 Å². The first-order chi connectivity index (χ1) is 23.1. The van der Waals surface area contributed by atoms with Gasteiger partial charge >= 0.3 is 0 Å². The highest BCUT2D eigenvalue weighted by Gasteiger charge is 2.28. The van der Waals surface area contributed by atoms with Crippen molar-refractivity contribution in [3.05, 3.63) is 90.4 Å². The van der Waals surface area contributed by atoms with Crippen LogP contribution in [-0.4, -0.2) is 48.4 Å². The van der Waals surface area contributed by atoms with Crippen LogP contribution < -0.4 is 29.0 Å². The van der Waals surface area contributed by atoms with Gasteiger partial charge in [-0.25, -0.2) is 4.68 Å². The summed E-state index contributed by atoms with van der Waals surface area (Å²) < 4.78 is 33.7. The molecule has 6 aromatic rings. The normalized spacial score (nSPS) is 12.6. The summed E-state index contributed by atoms with van der Waals surface area (Å²) in [7, 11) is 6.58. The van der Waals surface area contributed by atoms with Crippen LogP contribution in [0.3, 0.4) is 0 Å². The summed E-state index contributed by atoms with van der Waals surface area (Å²) in [5.74, 6) is 4.65. The molecule has 0 saturated heterocycles. The molecule has 1 fully saturated rings. The van der Waals surface area contributed by atoms with Crippen LogP contribution in [0.25, 0.3) is 22.1 Å². The Bertz CT molecular complexity index is 1980. The molecule has 47 heavy (non-hydrogen) atoms. The minimum absolute atomic E-state index is 0.501. The van der Waals surface area contributed by atoms with E-state index in [-0.39, 0.29) is 0 Å². The largest absolute Gasteiger partial charge is 0.497 e. The van der Waals surface area contributed by atoms with Crippen LogP contribution >= 0.6 is 11.9 Å². The molecular formula is C35H34N6O5S. The molecule has 0 bridgehead atoms. The summed E-state index contributed by atoms with van der Waals surface area (Å²) in [6.45, 7) is 0.605. The van der Waals surface area contributed by atoms with E-state index in [1.165, 1.54) is 11.9 Å². The number of methoxy groups -OCH3 is 4. The fourth-order valence-corrected chi connectivity index (χ4v) is 6.19. The van der Waals surface area contributed by atoms with E-state index < -0.39 is 0 Å². The van der Waals surface area contributed by atoms with E-state index in [1.54, 1.807) is 40.8 Å². The van der Waals surface area contributed by atoms with Crippen LogP contribution in [0.15, 0.2) is 88.5 Å². The second kappa shape index (κ2) is 13.2. The molecule has 7 rings (SSSR count). The van der Waals surface area contributed by atoms with Gasteiger partial charge in [0.1, 0.15) is 33.7 Å². The lowest BCUT2D eigenvalue weighted by molar-refractivity contribution is 0.377. The van der Waals surface area contributed by atoms with E-state index in [9.17, 15) is 0 Å². The van der Waals surface area contributed by atoms with E-state index in [1.807, 2.05) is 53.2 Å². The van der Waals surface area contributed by atoms with E-state index >= 15 is 0 Å². The van der Waals surface area contributed by atoms with Crippen molar-refractivity contribution in [2.75, 3.05) is 38.5 Å². The van der Waals surface area contributed by atoms with E-state index in [0.717, 1.165) is 62.8 Å². The Morgan fingerprint density at radius 2 is 1.64 bits per heavy atom. The zero-order valence-corrected chi connectivity index (χ0v) is 27.3. The zero-order valence-electron chi connectivity index (χ0n) is 26.4. The van der Waals surface area contributed by atoms with Crippen molar-refractivity contribution in [3.63, 3.8) is 0 Å². The number of nitrogens with zero attached hydrogens (tertiary/aromatic N) is 4. The predicted octanol–water partition coefficient (Wildman–Crippen LogP) is 7.91. The second-order valence-corrected chi connectivity index (χ2v) is 11.9. The lowest BCUT2D eigenvalue weighted by Crippen LogP contribution is -2.07. The SMILES string of the molecule is COc1ccc(Cn2nc(C3CC3)cc2Nc2cc3onc(NSc4c(OC)cc(-c5cccnc5)cc4OC)c3cc2OC)cc1. The maximum Gasteiger partial charge on any atom is 0.187 e. The minimum atomic E-state index is 0.501. The van der Waals surface area contributed by atoms with Crippen LogP contribution in [0.2, 0.25) is 0 Å². The maximum absolute atomic E-state index is 5.84. The Hall–Kier alpha value is -5.36. The third kappa shape index (κ3) is 6.36. The van der Waals surface area contributed by atoms with Crippen LogP contribution in [-0.2, 0) is 6.54 Å². The number of aromatic nitrogens is 4. The molecule has 3 heterocycles. The minimum Gasteiger partial charge on any atom is -0.497 e. The van der Waals surface area contributed by atoms with Gasteiger partial charge in [0.25, 0.3) is 0 Å². The summed E-state index contributed by atoms with van der Waals surface area (Å²) in [6.07, 6.45) is 5.86. The Kier molecular flexibility index (Phi) is 8.49. The van der Waals surface area contributed by atoms with E-state index in [4.69, 9.17) is 28.6 Å². The van der Waals surface area contributed by atoms with Gasteiger partial charge in [0, 0.05) is 36.0 Å². The van der Waals surface area contributed by atoms with E-state index in [0.29, 0.717) is 41.1 Å². The molecule has 0 aliphatic heterocycles. The van der Waals surface area contributed by atoms with Crippen molar-refractivity contribution in [2.45, 2.75) is 30.2 Å². The molecule has 12 heteroatoms. The van der Waals surface area contributed by atoms with Crippen molar-refractivity contribution >= 4 is 40.2 Å². The number of benzene rings is 3. The molecule has 240 valence electrons. The van der Waals surface area contributed by atoms with Crippen molar-refractivity contribution in [1.82, 2.24) is 19.9 Å². The Morgan fingerprint density at radius 3 is 2.30 bits per heavy atom. The monoisotopic (exact) mass is 650 g/mol. The molecule has 11 nitrogen and oxygen atoms in total. The predicted molar refractivity (Wildman–Crippen MR) is 182 cm³/mol. The van der Waals surface area contributed by atoms with Crippen LogP contribution in [0.4, 0.5) is 17.3 Å². The number of ether oxygens (including phenoxy) is 4. The third-order valence-electron chi connectivity index (χ3n) is 8.05. The highest BCUT2D eigenvalue weighted by molar-refractivity contribution is 8.00. The molecule has 0 amide bonds. The Balaban J connectivity index is 1.15. The number of rotatable bonds is 13. The standard InChI is InChI=1S/C35H34N6O5S/c1-42-25-11-7-21(8-12-25)20-41-33(18-27(38-41)22-9-10-22)37-28-17-29-26(16-30(28)43-2)35(39-46-29)40-47-34-31(44-3)14-24(15-32(34)45-4)23-6-5-13-36-19-23/h5-8,11-19,22,37H,9-10,20H2,1-4H3,(H,39,40). The molecule has 1 aliphatic carbocycles. The Labute approximate surface area is 276 Å². The van der Waals surface area contributed by atoms with Gasteiger partial charge in [0.05, 0.1) is 51.8 Å². The van der Waals surface area contributed by atoms with Crippen LogP contribution in [0, 0.1) is 0 Å². The molecule has 1 saturated carbocycles. The summed E-state index contributed by atoms with van der Waals surface area (Å²) in [6, 6.07) is 21.7. The molecule has 3 aromatic carbocycles. The first-order valence-corrected chi connectivity index (χ1v) is 15.9. The van der Waals surface area contributed by atoms with Crippen molar-refractivity contribution in [3.8, 4) is 34.1 Å². The fraction of sp³-hybridized carbons (Fsp3) is 0.229. The van der Waals surface area contributed by atoms with Gasteiger partial charge in [-0.15, -0.1) is 0 Å². The number of pyridine rings is 1. The summed E-state index contributed by atoms with van der Waals surface area (Å²) >= 11 is 1.32. The maximum atomic E-state index is 5.84. The number of anilines is 3. The average molecular weight is 651 g/mol. The van der Waals surface area contributed by atoms with Gasteiger partial charge in [-0.3, -0.25) is 4.98 Å². The lowest BCUT2D eigenvalue weighted by Gasteiger charge is -2.15. The van der Waals surface area contributed by atoms with E-state index in [2.05, 4.69) is 38.4 Å². The van der Waals surface area contributed by atoms with Crippen LogP contribution in [0.5, 0.6) is 23.0 Å². The second-order valence-electron chi connectivity index (χ2n) is 11.1. The molecule has 3 aromatic heterocycles. The van der Waals surface area contributed by atoms with Gasteiger partial charge in [0.15, 0.2) is 11.4 Å². The van der Waals surface area contributed by atoms with Crippen molar-refractivity contribution in [1.29, 1.82) is 0 Å². The number of nitrogens with one attached hydrogen (secondary N) is 2. The first-order valence-electron chi connectivity index (χ1n) is 15.1. The molecule has 0 unspecified atom stereocenters. The third-order valence-corrected chi connectivity index (χ3v) is 8.95. The number of hydrogen-bond acceptors (Lipinski definition) is 11. The summed E-state index contributed by atoms with van der Waals surface area (Å²) in [5, 5.41) is 13.6. The lowest BCUT2D eigenvalue weighted by atomic mass is 10.1. The molecular weight excluding hydrogens is 616 g/mol. The Morgan fingerprint density at radius 1 is 0.872 bits per heavy atom. The van der Waals surface area contributed by atoms with Gasteiger partial charge in [-0.2, -0.15) is 5.10 Å². The smallest absolute Gasteiger partial charge is 0.187 e. The van der Waals surface area contributed by atoms with Gasteiger partial charge < -0.3 is 33.5 Å². The van der Waals surface area contributed by atoms with Gasteiger partial charge in [-0.1, -0.05) is 23.4 Å². The first kappa shape index (κ1) is 30.3. The summed E-state index contributed by atoms with van der Waals surface area (Å²) in [5.41, 5.74) is 5.42. The quantitative estimate of drug-likeness (QED) is 0.119. The number of hydrogen-bond donors (Lipinski definition) is 2. The average Bonchev–Trinajstić information content (AvgIpc) is 3.79. The summed E-state index contributed by atoms with van der Waals surface area (Å²) in [4.78, 5) is 5.00. The fourth-order valence-electron chi connectivity index (χ4n) is 5.36. The van der Waals surface area contributed by atoms with Gasteiger partial charge in [-0.05, 0) is 72.3 Å². The highest BCUT2D eigenvalue weighted by atomic mass is 32.2. The van der Waals surface area contributed by atoms with Crippen LogP contribution in [0.1, 0.15) is 30.0 Å².